The molecule has 0 amide bonds. The molecule has 5 nitrogen and oxygen atoms in total. The van der Waals surface area contributed by atoms with E-state index in [2.05, 4.69) is 15.6 Å². The summed E-state index contributed by atoms with van der Waals surface area (Å²) in [6.07, 6.45) is 3.92. The van der Waals surface area contributed by atoms with Gasteiger partial charge in [-0.25, -0.2) is 4.99 Å². The highest BCUT2D eigenvalue weighted by molar-refractivity contribution is 5.79. The smallest absolute Gasteiger partial charge is 0.191 e. The Morgan fingerprint density at radius 3 is 2.68 bits per heavy atom. The molecule has 3 N–H and O–H groups in total. The van der Waals surface area contributed by atoms with Crippen LogP contribution in [0.3, 0.4) is 0 Å². The lowest BCUT2D eigenvalue weighted by Crippen LogP contribution is -2.39. The summed E-state index contributed by atoms with van der Waals surface area (Å²) in [5, 5.41) is 17.3. The highest BCUT2D eigenvalue weighted by atomic mass is 16.3. The maximum absolute atomic E-state index is 10.7. The molecule has 0 aliphatic heterocycles. The molecule has 22 heavy (non-hydrogen) atoms. The lowest BCUT2D eigenvalue weighted by atomic mass is 9.96. The molecule has 124 valence electrons. The second kappa shape index (κ2) is 7.18. The lowest BCUT2D eigenvalue weighted by Gasteiger charge is -2.21. The molecule has 1 unspecified atom stereocenters. The molecule has 0 spiro atoms. The van der Waals surface area contributed by atoms with Gasteiger partial charge in [0.2, 0.25) is 0 Å². The summed E-state index contributed by atoms with van der Waals surface area (Å²) in [4.78, 5) is 4.53. The molecular formula is C17H29N3O2. The van der Waals surface area contributed by atoms with Gasteiger partial charge in [0.15, 0.2) is 5.96 Å². The van der Waals surface area contributed by atoms with E-state index in [1.165, 1.54) is 19.3 Å². The molecule has 1 aliphatic rings. The van der Waals surface area contributed by atoms with Gasteiger partial charge in [0.05, 0.1) is 6.54 Å². The van der Waals surface area contributed by atoms with E-state index in [1.54, 1.807) is 6.92 Å². The fraction of sp³-hybridized carbons (Fsp3) is 0.706. The SMILES string of the molecule is CCNC(=NCC(C)(O)c1cc(C)oc1C)NCCC1CC1. The standard InChI is InChI=1S/C17H29N3O2/c1-5-18-16(19-9-8-14-6-7-14)20-11-17(4,21)15-10-12(2)22-13(15)3/h10,14,21H,5-9,11H2,1-4H3,(H2,18,19,20). The average molecular weight is 307 g/mol. The zero-order valence-corrected chi connectivity index (χ0v) is 14.2. The maximum Gasteiger partial charge on any atom is 0.191 e. The average Bonchev–Trinajstić information content (AvgIpc) is 3.20. The zero-order valence-electron chi connectivity index (χ0n) is 14.2. The Morgan fingerprint density at radius 1 is 1.41 bits per heavy atom. The van der Waals surface area contributed by atoms with Crippen molar-refractivity contribution in [3.05, 3.63) is 23.2 Å². The Morgan fingerprint density at radius 2 is 2.14 bits per heavy atom. The second-order valence-electron chi connectivity index (χ2n) is 6.45. The van der Waals surface area contributed by atoms with E-state index in [0.29, 0.717) is 6.54 Å². The number of guanidine groups is 1. The number of nitrogens with one attached hydrogen (secondary N) is 2. The summed E-state index contributed by atoms with van der Waals surface area (Å²) in [5.74, 6) is 3.23. The molecule has 1 atom stereocenters. The first-order chi connectivity index (χ1) is 10.4. The number of aliphatic imine (C=N–C) groups is 1. The molecule has 1 aliphatic carbocycles. The minimum absolute atomic E-state index is 0.297. The highest BCUT2D eigenvalue weighted by Gasteiger charge is 2.27. The summed E-state index contributed by atoms with van der Waals surface area (Å²) >= 11 is 0. The molecule has 0 saturated heterocycles. The minimum Gasteiger partial charge on any atom is -0.466 e. The molecule has 1 aromatic heterocycles. The maximum atomic E-state index is 10.7. The number of aliphatic hydroxyl groups is 1. The first-order valence-corrected chi connectivity index (χ1v) is 8.24. The van der Waals surface area contributed by atoms with Crippen LogP contribution in [0.4, 0.5) is 0 Å². The van der Waals surface area contributed by atoms with E-state index in [1.807, 2.05) is 26.8 Å². The highest BCUT2D eigenvalue weighted by Crippen LogP contribution is 2.31. The third-order valence-electron chi connectivity index (χ3n) is 4.05. The van der Waals surface area contributed by atoms with Gasteiger partial charge in [-0.15, -0.1) is 0 Å². The van der Waals surface area contributed by atoms with Crippen LogP contribution in [0.2, 0.25) is 0 Å². The largest absolute Gasteiger partial charge is 0.466 e. The third kappa shape index (κ3) is 4.77. The first-order valence-electron chi connectivity index (χ1n) is 8.24. The Labute approximate surface area is 133 Å². The Kier molecular flexibility index (Phi) is 5.51. The summed E-state index contributed by atoms with van der Waals surface area (Å²) in [6, 6.07) is 1.89. The fourth-order valence-electron chi connectivity index (χ4n) is 2.63. The van der Waals surface area contributed by atoms with Crippen molar-refractivity contribution in [1.29, 1.82) is 0 Å². The summed E-state index contributed by atoms with van der Waals surface area (Å²) in [7, 11) is 0. The van der Waals surface area contributed by atoms with E-state index in [0.717, 1.165) is 42.1 Å². The number of hydrogen-bond donors (Lipinski definition) is 3. The lowest BCUT2D eigenvalue weighted by molar-refractivity contribution is 0.0657. The van der Waals surface area contributed by atoms with Crippen molar-refractivity contribution in [2.45, 2.75) is 52.6 Å². The van der Waals surface area contributed by atoms with Gasteiger partial charge in [0.1, 0.15) is 17.1 Å². The molecule has 1 heterocycles. The molecule has 1 aromatic rings. The van der Waals surface area contributed by atoms with Gasteiger partial charge in [0, 0.05) is 18.7 Å². The number of rotatable bonds is 7. The molecule has 1 saturated carbocycles. The van der Waals surface area contributed by atoms with Gasteiger partial charge in [-0.05, 0) is 46.1 Å². The molecule has 5 heteroatoms. The van der Waals surface area contributed by atoms with E-state index in [-0.39, 0.29) is 0 Å². The van der Waals surface area contributed by atoms with E-state index in [4.69, 9.17) is 4.42 Å². The monoisotopic (exact) mass is 307 g/mol. The summed E-state index contributed by atoms with van der Waals surface area (Å²) < 4.78 is 5.51. The minimum atomic E-state index is -1.03. The predicted octanol–water partition coefficient (Wildman–Crippen LogP) is 2.46. The Hall–Kier alpha value is -1.49. The van der Waals surface area contributed by atoms with Crippen molar-refractivity contribution in [3.8, 4) is 0 Å². The Bertz CT molecular complexity index is 516. The molecule has 0 aromatic carbocycles. The van der Waals surface area contributed by atoms with Gasteiger partial charge in [-0.3, -0.25) is 0 Å². The number of nitrogens with zero attached hydrogens (tertiary/aromatic N) is 1. The van der Waals surface area contributed by atoms with Gasteiger partial charge in [-0.1, -0.05) is 12.8 Å². The second-order valence-corrected chi connectivity index (χ2v) is 6.45. The van der Waals surface area contributed by atoms with Crippen molar-refractivity contribution in [2.24, 2.45) is 10.9 Å². The molecule has 0 bridgehead atoms. The predicted molar refractivity (Wildman–Crippen MR) is 89.1 cm³/mol. The van der Waals surface area contributed by atoms with Crippen LogP contribution >= 0.6 is 0 Å². The van der Waals surface area contributed by atoms with E-state index < -0.39 is 5.60 Å². The first kappa shape index (κ1) is 16.9. The van der Waals surface area contributed by atoms with Gasteiger partial charge in [-0.2, -0.15) is 0 Å². The van der Waals surface area contributed by atoms with Crippen LogP contribution in [-0.2, 0) is 5.60 Å². The summed E-state index contributed by atoms with van der Waals surface area (Å²) in [5.41, 5.74) is -0.219. The normalized spacial score (nSPS) is 18.1. The van der Waals surface area contributed by atoms with Gasteiger partial charge < -0.3 is 20.2 Å². The zero-order chi connectivity index (χ0) is 16.2. The van der Waals surface area contributed by atoms with Crippen LogP contribution in [0, 0.1) is 19.8 Å². The number of furan rings is 1. The van der Waals surface area contributed by atoms with Crippen LogP contribution in [0.25, 0.3) is 0 Å². The quantitative estimate of drug-likeness (QED) is 0.534. The van der Waals surface area contributed by atoms with Crippen LogP contribution in [0.15, 0.2) is 15.5 Å². The Balaban J connectivity index is 1.95. The summed E-state index contributed by atoms with van der Waals surface area (Å²) in [6.45, 7) is 9.62. The number of hydrogen-bond acceptors (Lipinski definition) is 3. The van der Waals surface area contributed by atoms with E-state index >= 15 is 0 Å². The number of aryl methyl sites for hydroxylation is 2. The molecule has 1 fully saturated rings. The third-order valence-corrected chi connectivity index (χ3v) is 4.05. The molecule has 0 radical (unpaired) electrons. The van der Waals surface area contributed by atoms with Crippen molar-refractivity contribution >= 4 is 5.96 Å². The van der Waals surface area contributed by atoms with Gasteiger partial charge >= 0.3 is 0 Å². The van der Waals surface area contributed by atoms with Gasteiger partial charge in [0.25, 0.3) is 0 Å². The van der Waals surface area contributed by atoms with Crippen LogP contribution in [0.1, 0.15) is 50.2 Å². The van der Waals surface area contributed by atoms with Crippen LogP contribution < -0.4 is 10.6 Å². The topological polar surface area (TPSA) is 69.8 Å². The van der Waals surface area contributed by atoms with Crippen LogP contribution in [-0.4, -0.2) is 30.7 Å². The van der Waals surface area contributed by atoms with Crippen molar-refractivity contribution < 1.29 is 9.52 Å². The van der Waals surface area contributed by atoms with Crippen molar-refractivity contribution in [3.63, 3.8) is 0 Å². The fourth-order valence-corrected chi connectivity index (χ4v) is 2.63. The molecular weight excluding hydrogens is 278 g/mol. The molecule has 2 rings (SSSR count). The van der Waals surface area contributed by atoms with Crippen molar-refractivity contribution in [1.82, 2.24) is 10.6 Å². The van der Waals surface area contributed by atoms with E-state index in [9.17, 15) is 5.11 Å². The van der Waals surface area contributed by atoms with Crippen molar-refractivity contribution in [2.75, 3.05) is 19.6 Å². The van der Waals surface area contributed by atoms with Crippen LogP contribution in [0.5, 0.6) is 0 Å².